The van der Waals surface area contributed by atoms with Crippen molar-refractivity contribution in [2.24, 2.45) is 5.92 Å². The molecule has 1 atom stereocenters. The normalized spacial score (nSPS) is 12.3. The lowest BCUT2D eigenvalue weighted by molar-refractivity contribution is -0.139. The third-order valence-corrected chi connectivity index (χ3v) is 3.33. The van der Waals surface area contributed by atoms with Crippen LogP contribution in [-0.2, 0) is 4.79 Å². The molecule has 0 saturated heterocycles. The number of hydrogen-bond acceptors (Lipinski definition) is 2. The van der Waals surface area contributed by atoms with Crippen LogP contribution in [0.1, 0.15) is 30.6 Å². The Labute approximate surface area is 121 Å². The second-order valence-electron chi connectivity index (χ2n) is 4.60. The number of halogens is 2. The number of carbonyl (C=O) groups is 2. The lowest BCUT2D eigenvalue weighted by atomic mass is 10.0. The Balaban J connectivity index is 2.88. The van der Waals surface area contributed by atoms with Crippen LogP contribution in [0, 0.1) is 5.92 Å². The van der Waals surface area contributed by atoms with Gasteiger partial charge >= 0.3 is 5.97 Å². The van der Waals surface area contributed by atoms with Gasteiger partial charge in [0.15, 0.2) is 0 Å². The van der Waals surface area contributed by atoms with E-state index < -0.39 is 17.9 Å². The minimum atomic E-state index is -1.07. The molecular weight excluding hydrogens is 289 g/mol. The van der Waals surface area contributed by atoms with Gasteiger partial charge in [0.05, 0.1) is 15.6 Å². The SMILES string of the molecule is CC(C)C[C@@H](NC(=O)c1cccc(Cl)c1Cl)C(=O)O. The molecule has 104 valence electrons. The van der Waals surface area contributed by atoms with Gasteiger partial charge < -0.3 is 10.4 Å². The van der Waals surface area contributed by atoms with E-state index in [-0.39, 0.29) is 21.5 Å². The van der Waals surface area contributed by atoms with Gasteiger partial charge in [0, 0.05) is 0 Å². The lowest BCUT2D eigenvalue weighted by Crippen LogP contribution is -2.41. The van der Waals surface area contributed by atoms with Gasteiger partial charge in [-0.1, -0.05) is 43.1 Å². The zero-order chi connectivity index (χ0) is 14.6. The van der Waals surface area contributed by atoms with Crippen molar-refractivity contribution >= 4 is 35.1 Å². The second kappa shape index (κ2) is 6.78. The summed E-state index contributed by atoms with van der Waals surface area (Å²) in [5.41, 5.74) is 0.171. The quantitative estimate of drug-likeness (QED) is 0.877. The average Bonchev–Trinajstić information content (AvgIpc) is 2.31. The number of hydrogen-bond donors (Lipinski definition) is 2. The molecule has 1 aromatic rings. The molecule has 0 spiro atoms. The van der Waals surface area contributed by atoms with Crippen LogP contribution in [0.25, 0.3) is 0 Å². The summed E-state index contributed by atoms with van der Waals surface area (Å²) in [5.74, 6) is -1.46. The summed E-state index contributed by atoms with van der Waals surface area (Å²) in [5, 5.41) is 11.9. The monoisotopic (exact) mass is 303 g/mol. The summed E-state index contributed by atoms with van der Waals surface area (Å²) in [4.78, 5) is 23.1. The zero-order valence-electron chi connectivity index (χ0n) is 10.6. The molecule has 0 aromatic heterocycles. The third-order valence-electron chi connectivity index (χ3n) is 2.51. The fraction of sp³-hybridized carbons (Fsp3) is 0.385. The number of carboxylic acids is 1. The van der Waals surface area contributed by atoms with E-state index in [1.54, 1.807) is 12.1 Å². The number of rotatable bonds is 5. The van der Waals surface area contributed by atoms with Crippen LogP contribution in [0.5, 0.6) is 0 Å². The van der Waals surface area contributed by atoms with Crippen molar-refractivity contribution < 1.29 is 14.7 Å². The van der Waals surface area contributed by atoms with Crippen LogP contribution in [0.3, 0.4) is 0 Å². The van der Waals surface area contributed by atoms with Crippen LogP contribution < -0.4 is 5.32 Å². The molecule has 0 saturated carbocycles. The van der Waals surface area contributed by atoms with Gasteiger partial charge in [-0.25, -0.2) is 4.79 Å². The van der Waals surface area contributed by atoms with Gasteiger partial charge in [0.1, 0.15) is 6.04 Å². The first-order chi connectivity index (χ1) is 8.82. The van der Waals surface area contributed by atoms with E-state index in [2.05, 4.69) is 5.32 Å². The molecule has 2 N–H and O–H groups in total. The van der Waals surface area contributed by atoms with Crippen LogP contribution in [0.4, 0.5) is 0 Å². The first-order valence-corrected chi connectivity index (χ1v) is 6.56. The van der Waals surface area contributed by atoms with E-state index in [4.69, 9.17) is 28.3 Å². The highest BCUT2D eigenvalue weighted by molar-refractivity contribution is 6.43. The molecule has 0 fully saturated rings. The highest BCUT2D eigenvalue weighted by atomic mass is 35.5. The van der Waals surface area contributed by atoms with Crippen molar-refractivity contribution in [2.45, 2.75) is 26.3 Å². The van der Waals surface area contributed by atoms with E-state index in [1.807, 2.05) is 13.8 Å². The van der Waals surface area contributed by atoms with Crippen molar-refractivity contribution in [2.75, 3.05) is 0 Å². The number of amides is 1. The first-order valence-electron chi connectivity index (χ1n) is 5.80. The molecule has 1 aromatic carbocycles. The fourth-order valence-corrected chi connectivity index (χ4v) is 1.99. The Hall–Kier alpha value is -1.26. The van der Waals surface area contributed by atoms with Gasteiger partial charge in [0.25, 0.3) is 5.91 Å². The molecule has 0 radical (unpaired) electrons. The summed E-state index contributed by atoms with van der Waals surface area (Å²) >= 11 is 11.7. The molecule has 0 bridgehead atoms. The maximum absolute atomic E-state index is 12.0. The summed E-state index contributed by atoms with van der Waals surface area (Å²) in [7, 11) is 0. The average molecular weight is 304 g/mol. The zero-order valence-corrected chi connectivity index (χ0v) is 12.1. The highest BCUT2D eigenvalue weighted by Crippen LogP contribution is 2.25. The summed E-state index contributed by atoms with van der Waals surface area (Å²) < 4.78 is 0. The maximum Gasteiger partial charge on any atom is 0.326 e. The smallest absolute Gasteiger partial charge is 0.326 e. The molecular formula is C13H15Cl2NO3. The molecule has 19 heavy (non-hydrogen) atoms. The topological polar surface area (TPSA) is 66.4 Å². The van der Waals surface area contributed by atoms with E-state index in [0.717, 1.165) is 0 Å². The summed E-state index contributed by atoms with van der Waals surface area (Å²) in [6.45, 7) is 3.77. The molecule has 0 heterocycles. The lowest BCUT2D eigenvalue weighted by Gasteiger charge is -2.17. The minimum absolute atomic E-state index is 0.121. The summed E-state index contributed by atoms with van der Waals surface area (Å²) in [6.07, 6.45) is 0.346. The molecule has 0 unspecified atom stereocenters. The van der Waals surface area contributed by atoms with Crippen molar-refractivity contribution in [1.29, 1.82) is 0 Å². The van der Waals surface area contributed by atoms with Gasteiger partial charge in [0.2, 0.25) is 0 Å². The molecule has 1 amide bonds. The standard InChI is InChI=1S/C13H15Cl2NO3/c1-7(2)6-10(13(18)19)16-12(17)8-4-3-5-9(14)11(8)15/h3-5,7,10H,6H2,1-2H3,(H,16,17)(H,18,19)/t10-/m1/s1. The van der Waals surface area contributed by atoms with Gasteiger partial charge in [-0.05, 0) is 24.5 Å². The Morgan fingerprint density at radius 1 is 1.32 bits per heavy atom. The Kier molecular flexibility index (Phi) is 5.63. The first kappa shape index (κ1) is 15.8. The second-order valence-corrected chi connectivity index (χ2v) is 5.38. The molecule has 0 aliphatic carbocycles. The van der Waals surface area contributed by atoms with Gasteiger partial charge in [-0.3, -0.25) is 4.79 Å². The molecule has 6 heteroatoms. The van der Waals surface area contributed by atoms with Crippen LogP contribution in [0.2, 0.25) is 10.0 Å². The Morgan fingerprint density at radius 2 is 1.95 bits per heavy atom. The molecule has 4 nitrogen and oxygen atoms in total. The number of carbonyl (C=O) groups excluding carboxylic acids is 1. The predicted octanol–water partition coefficient (Wildman–Crippen LogP) is 3.22. The molecule has 1 rings (SSSR count). The van der Waals surface area contributed by atoms with Gasteiger partial charge in [-0.2, -0.15) is 0 Å². The van der Waals surface area contributed by atoms with E-state index >= 15 is 0 Å². The van der Waals surface area contributed by atoms with Crippen molar-refractivity contribution in [3.8, 4) is 0 Å². The predicted molar refractivity (Wildman–Crippen MR) is 74.8 cm³/mol. The van der Waals surface area contributed by atoms with Crippen LogP contribution >= 0.6 is 23.2 Å². The fourth-order valence-electron chi connectivity index (χ4n) is 1.61. The van der Waals surface area contributed by atoms with Crippen molar-refractivity contribution in [1.82, 2.24) is 5.32 Å². The largest absolute Gasteiger partial charge is 0.480 e. The number of aliphatic carboxylic acids is 1. The van der Waals surface area contributed by atoms with Crippen molar-refractivity contribution in [3.05, 3.63) is 33.8 Å². The molecule has 0 aliphatic rings. The van der Waals surface area contributed by atoms with E-state index in [0.29, 0.717) is 6.42 Å². The van der Waals surface area contributed by atoms with Gasteiger partial charge in [-0.15, -0.1) is 0 Å². The summed E-state index contributed by atoms with van der Waals surface area (Å²) in [6, 6.07) is 3.70. The Morgan fingerprint density at radius 3 is 2.47 bits per heavy atom. The minimum Gasteiger partial charge on any atom is -0.480 e. The van der Waals surface area contributed by atoms with Crippen molar-refractivity contribution in [3.63, 3.8) is 0 Å². The van der Waals surface area contributed by atoms with E-state index in [1.165, 1.54) is 6.07 Å². The maximum atomic E-state index is 12.0. The van der Waals surface area contributed by atoms with Crippen LogP contribution in [-0.4, -0.2) is 23.0 Å². The van der Waals surface area contributed by atoms with Crippen LogP contribution in [0.15, 0.2) is 18.2 Å². The molecule has 0 aliphatic heterocycles. The number of benzene rings is 1. The number of carboxylic acid groups (broad SMARTS) is 1. The highest BCUT2D eigenvalue weighted by Gasteiger charge is 2.23. The van der Waals surface area contributed by atoms with E-state index in [9.17, 15) is 9.59 Å². The number of nitrogens with one attached hydrogen (secondary N) is 1. The Bertz CT molecular complexity index is 489. The third kappa shape index (κ3) is 4.40.